The third-order valence-corrected chi connectivity index (χ3v) is 1.80. The fraction of sp³-hybridized carbons (Fsp3) is 0.182. The van der Waals surface area contributed by atoms with E-state index in [-0.39, 0.29) is 5.91 Å². The van der Waals surface area contributed by atoms with E-state index in [9.17, 15) is 18.0 Å². The first-order valence-corrected chi connectivity index (χ1v) is 4.54. The van der Waals surface area contributed by atoms with Crippen molar-refractivity contribution in [2.24, 2.45) is 0 Å². The number of allylic oxidation sites excluding steroid dienone is 1. The minimum Gasteiger partial charge on any atom is -0.323 e. The molecule has 0 saturated heterocycles. The van der Waals surface area contributed by atoms with Crippen LogP contribution in [-0.2, 0) is 11.0 Å². The second kappa shape index (κ2) is 4.83. The molecule has 0 aromatic heterocycles. The zero-order chi connectivity index (χ0) is 12.2. The average Bonchev–Trinajstić information content (AvgIpc) is 2.17. The van der Waals surface area contributed by atoms with Crippen molar-refractivity contribution < 1.29 is 18.0 Å². The number of alkyl halides is 3. The van der Waals surface area contributed by atoms with Gasteiger partial charge in [-0.1, -0.05) is 6.08 Å². The lowest BCUT2D eigenvalue weighted by Gasteiger charge is -2.07. The van der Waals surface area contributed by atoms with E-state index in [4.69, 9.17) is 0 Å². The van der Waals surface area contributed by atoms with E-state index in [2.05, 4.69) is 5.32 Å². The SMILES string of the molecule is CC=CC(=O)Nc1ccc(C(F)(F)F)cc1. The number of rotatable bonds is 2. The van der Waals surface area contributed by atoms with Gasteiger partial charge in [-0.2, -0.15) is 13.2 Å². The Morgan fingerprint density at radius 1 is 1.25 bits per heavy atom. The maximum Gasteiger partial charge on any atom is 0.416 e. The summed E-state index contributed by atoms with van der Waals surface area (Å²) in [4.78, 5) is 11.1. The first-order valence-electron chi connectivity index (χ1n) is 4.54. The van der Waals surface area contributed by atoms with Crippen molar-refractivity contribution in [1.29, 1.82) is 0 Å². The van der Waals surface area contributed by atoms with Gasteiger partial charge in [-0.3, -0.25) is 4.79 Å². The summed E-state index contributed by atoms with van der Waals surface area (Å²) in [5.74, 6) is -0.373. The van der Waals surface area contributed by atoms with Crippen molar-refractivity contribution in [3.63, 3.8) is 0 Å². The fourth-order valence-corrected chi connectivity index (χ4v) is 1.08. The Labute approximate surface area is 90.8 Å². The van der Waals surface area contributed by atoms with Crippen molar-refractivity contribution in [3.05, 3.63) is 42.0 Å². The molecule has 0 aliphatic rings. The van der Waals surface area contributed by atoms with Gasteiger partial charge in [0.1, 0.15) is 0 Å². The van der Waals surface area contributed by atoms with E-state index in [1.807, 2.05) is 0 Å². The Kier molecular flexibility index (Phi) is 3.71. The molecule has 0 spiro atoms. The molecular formula is C11H10F3NO. The summed E-state index contributed by atoms with van der Waals surface area (Å²) < 4.78 is 36.6. The normalized spacial score (nSPS) is 11.8. The molecule has 0 unspecified atom stereocenters. The summed E-state index contributed by atoms with van der Waals surface area (Å²) in [5.41, 5.74) is -0.410. The zero-order valence-electron chi connectivity index (χ0n) is 8.51. The van der Waals surface area contributed by atoms with Gasteiger partial charge < -0.3 is 5.32 Å². The van der Waals surface area contributed by atoms with Crippen LogP contribution in [0.15, 0.2) is 36.4 Å². The van der Waals surface area contributed by atoms with Crippen LogP contribution < -0.4 is 5.32 Å². The summed E-state index contributed by atoms with van der Waals surface area (Å²) in [7, 11) is 0. The van der Waals surface area contributed by atoms with Gasteiger partial charge >= 0.3 is 6.18 Å². The lowest BCUT2D eigenvalue weighted by atomic mass is 10.2. The van der Waals surface area contributed by atoms with E-state index in [0.717, 1.165) is 12.1 Å². The first kappa shape index (κ1) is 12.3. The summed E-state index contributed by atoms with van der Waals surface area (Å²) in [6.45, 7) is 1.67. The Bertz CT molecular complexity index is 393. The number of halogens is 3. The van der Waals surface area contributed by atoms with E-state index >= 15 is 0 Å². The monoisotopic (exact) mass is 229 g/mol. The second-order valence-electron chi connectivity index (χ2n) is 3.06. The number of nitrogens with one attached hydrogen (secondary N) is 1. The van der Waals surface area contributed by atoms with Crippen LogP contribution in [0.25, 0.3) is 0 Å². The highest BCUT2D eigenvalue weighted by atomic mass is 19.4. The van der Waals surface area contributed by atoms with Gasteiger partial charge in [-0.25, -0.2) is 0 Å². The summed E-state index contributed by atoms with van der Waals surface area (Å²) in [5, 5.41) is 2.43. The molecule has 0 bridgehead atoms. The van der Waals surface area contributed by atoms with Crippen molar-refractivity contribution in [3.8, 4) is 0 Å². The Hall–Kier alpha value is -1.78. The van der Waals surface area contributed by atoms with Crippen LogP contribution in [0.3, 0.4) is 0 Å². The smallest absolute Gasteiger partial charge is 0.323 e. The van der Waals surface area contributed by atoms with Crippen molar-refractivity contribution in [2.75, 3.05) is 5.32 Å². The minimum absolute atomic E-state index is 0.330. The Balaban J connectivity index is 2.76. The fourth-order valence-electron chi connectivity index (χ4n) is 1.08. The van der Waals surface area contributed by atoms with Gasteiger partial charge in [0.2, 0.25) is 5.91 Å². The third-order valence-electron chi connectivity index (χ3n) is 1.80. The molecule has 1 aromatic rings. The van der Waals surface area contributed by atoms with Crippen LogP contribution in [0, 0.1) is 0 Å². The van der Waals surface area contributed by atoms with Gasteiger partial charge in [-0.05, 0) is 37.3 Å². The topological polar surface area (TPSA) is 29.1 Å². The molecule has 86 valence electrons. The molecule has 0 fully saturated rings. The molecule has 0 aliphatic carbocycles. The molecule has 2 nitrogen and oxygen atoms in total. The molecule has 0 aliphatic heterocycles. The number of benzene rings is 1. The number of amides is 1. The van der Waals surface area contributed by atoms with Crippen molar-refractivity contribution >= 4 is 11.6 Å². The number of hydrogen-bond acceptors (Lipinski definition) is 1. The van der Waals surface area contributed by atoms with E-state index in [1.54, 1.807) is 13.0 Å². The van der Waals surface area contributed by atoms with Crippen molar-refractivity contribution in [2.45, 2.75) is 13.1 Å². The Morgan fingerprint density at radius 2 is 1.81 bits per heavy atom. The van der Waals surface area contributed by atoms with Crippen LogP contribution in [0.1, 0.15) is 12.5 Å². The highest BCUT2D eigenvalue weighted by Gasteiger charge is 2.29. The third kappa shape index (κ3) is 3.42. The quantitative estimate of drug-likeness (QED) is 0.775. The summed E-state index contributed by atoms with van der Waals surface area (Å²) >= 11 is 0. The average molecular weight is 229 g/mol. The molecule has 1 aromatic carbocycles. The zero-order valence-corrected chi connectivity index (χ0v) is 8.51. The van der Waals surface area contributed by atoms with Gasteiger partial charge in [0, 0.05) is 5.69 Å². The predicted molar refractivity (Wildman–Crippen MR) is 54.9 cm³/mol. The van der Waals surface area contributed by atoms with Crippen LogP contribution in [0.5, 0.6) is 0 Å². The van der Waals surface area contributed by atoms with Crippen LogP contribution in [-0.4, -0.2) is 5.91 Å². The van der Waals surface area contributed by atoms with Crippen LogP contribution in [0.2, 0.25) is 0 Å². The maximum atomic E-state index is 12.2. The molecule has 0 atom stereocenters. The molecule has 0 heterocycles. The number of carbonyl (C=O) groups excluding carboxylic acids is 1. The standard InChI is InChI=1S/C11H10F3NO/c1-2-3-10(16)15-9-6-4-8(5-7-9)11(12,13)14/h2-7H,1H3,(H,15,16). The first-order chi connectivity index (χ1) is 7.43. The molecule has 16 heavy (non-hydrogen) atoms. The van der Waals surface area contributed by atoms with Gasteiger partial charge in [0.05, 0.1) is 5.56 Å². The maximum absolute atomic E-state index is 12.2. The summed E-state index contributed by atoms with van der Waals surface area (Å²) in [6, 6.07) is 4.27. The minimum atomic E-state index is -4.36. The molecule has 5 heteroatoms. The number of anilines is 1. The molecule has 1 N–H and O–H groups in total. The highest BCUT2D eigenvalue weighted by Crippen LogP contribution is 2.29. The lowest BCUT2D eigenvalue weighted by molar-refractivity contribution is -0.137. The predicted octanol–water partition coefficient (Wildman–Crippen LogP) is 3.22. The Morgan fingerprint density at radius 3 is 2.25 bits per heavy atom. The van der Waals surface area contributed by atoms with Gasteiger partial charge in [-0.15, -0.1) is 0 Å². The largest absolute Gasteiger partial charge is 0.416 e. The van der Waals surface area contributed by atoms with Crippen LogP contribution >= 0.6 is 0 Å². The van der Waals surface area contributed by atoms with Crippen LogP contribution in [0.4, 0.5) is 18.9 Å². The molecule has 0 radical (unpaired) electrons. The van der Waals surface area contributed by atoms with E-state index < -0.39 is 11.7 Å². The molecule has 1 amide bonds. The number of hydrogen-bond donors (Lipinski definition) is 1. The van der Waals surface area contributed by atoms with Gasteiger partial charge in [0.15, 0.2) is 0 Å². The molecule has 1 rings (SSSR count). The summed E-state index contributed by atoms with van der Waals surface area (Å²) in [6.07, 6.45) is -1.52. The van der Waals surface area contributed by atoms with Crippen molar-refractivity contribution in [1.82, 2.24) is 0 Å². The molecule has 0 saturated carbocycles. The highest BCUT2D eigenvalue weighted by molar-refractivity contribution is 5.99. The second-order valence-corrected chi connectivity index (χ2v) is 3.06. The lowest BCUT2D eigenvalue weighted by Crippen LogP contribution is -2.09. The van der Waals surface area contributed by atoms with Gasteiger partial charge in [0.25, 0.3) is 0 Å². The van der Waals surface area contributed by atoms with E-state index in [1.165, 1.54) is 18.2 Å². The van der Waals surface area contributed by atoms with E-state index in [0.29, 0.717) is 5.69 Å². The molecular weight excluding hydrogens is 219 g/mol. The number of carbonyl (C=O) groups is 1.